The molecule has 2 aliphatic rings. The SMILES string of the molecule is CC(C)C(=O)Cc1ncccn1.CC(C)C(=O)N(C)c1ccccc1.CC(C)C(=O)NC1CC1.CC(C)C(=O)NC1CCCC1.CC(C)C(=O)NCc1ccccc1.CC(C)C(=O)NCc1ccco1.CC(C)C(=O)NCc1ncccn1.CC(C)C(=O)Nc1ccccc1.CC(C)S(=O)(=O)c1cn(C)cn1. The van der Waals surface area contributed by atoms with Crippen LogP contribution in [0, 0.1) is 47.3 Å². The summed E-state index contributed by atoms with van der Waals surface area (Å²) in [4.78, 5) is 111. The molecule has 0 bridgehead atoms. The Labute approximate surface area is 637 Å². The average molecular weight is 1500 g/mol. The van der Waals surface area contributed by atoms with Gasteiger partial charge in [-0.2, -0.15) is 0 Å². The van der Waals surface area contributed by atoms with Gasteiger partial charge < -0.3 is 45.8 Å². The van der Waals surface area contributed by atoms with E-state index in [1.54, 1.807) is 86.7 Å². The molecule has 107 heavy (non-hydrogen) atoms. The second-order valence-electron chi connectivity index (χ2n) is 28.3. The Hall–Kier alpha value is -9.78. The Balaban J connectivity index is 0.000000603. The summed E-state index contributed by atoms with van der Waals surface area (Å²) in [5.41, 5.74) is 2.94. The zero-order chi connectivity index (χ0) is 80.6. The van der Waals surface area contributed by atoms with Crippen molar-refractivity contribution in [3.63, 3.8) is 0 Å². The first-order valence-corrected chi connectivity index (χ1v) is 38.5. The fraction of sp³-hybridized carbons (Fsp3) is 0.500. The van der Waals surface area contributed by atoms with Crippen molar-refractivity contribution in [3.8, 4) is 0 Å². The summed E-state index contributed by atoms with van der Waals surface area (Å²) in [6, 6.07) is 37.1. The second-order valence-corrected chi connectivity index (χ2v) is 30.7. The summed E-state index contributed by atoms with van der Waals surface area (Å²) in [5.74, 6) is 3.49. The fourth-order valence-corrected chi connectivity index (χ4v) is 9.13. The molecule has 0 unspecified atom stereocenters. The molecule has 2 fully saturated rings. The highest BCUT2D eigenvalue weighted by Gasteiger charge is 2.25. The molecule has 9 rings (SSSR count). The van der Waals surface area contributed by atoms with Gasteiger partial charge in [-0.25, -0.2) is 33.3 Å². The van der Waals surface area contributed by atoms with E-state index >= 15 is 0 Å². The number of hydrogen-bond donors (Lipinski definition) is 6. The number of imidazole rings is 1. The van der Waals surface area contributed by atoms with Crippen molar-refractivity contribution in [2.24, 2.45) is 54.4 Å². The smallest absolute Gasteiger partial charge is 0.229 e. The number of nitrogens with zero attached hydrogens (tertiary/aromatic N) is 7. The number of rotatable bonds is 22. The number of aromatic nitrogens is 6. The number of carbonyl (C=O) groups is 8. The molecule has 4 heterocycles. The van der Waals surface area contributed by atoms with Crippen LogP contribution in [0.25, 0.3) is 0 Å². The number of Topliss-reactive ketones (excluding diaryl/α,β-unsaturated/α-hetero) is 1. The molecule has 0 aliphatic heterocycles. The van der Waals surface area contributed by atoms with Crippen molar-refractivity contribution < 1.29 is 51.2 Å². The van der Waals surface area contributed by atoms with Crippen LogP contribution in [0.4, 0.5) is 11.4 Å². The molecule has 588 valence electrons. The lowest BCUT2D eigenvalue weighted by molar-refractivity contribution is -0.125. The van der Waals surface area contributed by atoms with E-state index in [-0.39, 0.29) is 99.5 Å². The van der Waals surface area contributed by atoms with Gasteiger partial charge in [0.25, 0.3) is 0 Å². The molecule has 2 aliphatic carbocycles. The molecule has 7 amide bonds. The molecule has 4 aromatic heterocycles. The van der Waals surface area contributed by atoms with Gasteiger partial charge in [0.2, 0.25) is 41.4 Å². The van der Waals surface area contributed by atoms with Gasteiger partial charge >= 0.3 is 0 Å². The third-order valence-electron chi connectivity index (χ3n) is 15.3. The van der Waals surface area contributed by atoms with E-state index in [9.17, 15) is 46.8 Å². The molecule has 25 heteroatoms. The third-order valence-corrected chi connectivity index (χ3v) is 17.4. The van der Waals surface area contributed by atoms with Crippen LogP contribution < -0.4 is 36.8 Å². The summed E-state index contributed by atoms with van der Waals surface area (Å²) in [6.07, 6.45) is 18.8. The number of benzene rings is 3. The lowest BCUT2D eigenvalue weighted by atomic mass is 10.1. The van der Waals surface area contributed by atoms with Crippen LogP contribution in [0.2, 0.25) is 0 Å². The van der Waals surface area contributed by atoms with Gasteiger partial charge in [0.15, 0.2) is 14.9 Å². The fourth-order valence-electron chi connectivity index (χ4n) is 8.14. The Bertz CT molecular complexity index is 3600. The first-order chi connectivity index (χ1) is 50.5. The van der Waals surface area contributed by atoms with Crippen molar-refractivity contribution in [1.29, 1.82) is 0 Å². The van der Waals surface area contributed by atoms with Crippen LogP contribution in [-0.2, 0) is 81.3 Å². The van der Waals surface area contributed by atoms with Crippen LogP contribution in [0.1, 0.15) is 186 Å². The highest BCUT2D eigenvalue weighted by Crippen LogP contribution is 2.20. The highest BCUT2D eigenvalue weighted by atomic mass is 32.2. The van der Waals surface area contributed by atoms with Crippen molar-refractivity contribution in [2.75, 3.05) is 17.3 Å². The molecule has 3 aromatic carbocycles. The molecule has 0 radical (unpaired) electrons. The van der Waals surface area contributed by atoms with Gasteiger partial charge in [0.05, 0.1) is 37.4 Å². The first kappa shape index (κ1) is 95.2. The van der Waals surface area contributed by atoms with E-state index in [0.717, 1.165) is 22.7 Å². The molecular weight excluding hydrogens is 1380 g/mol. The lowest BCUT2D eigenvalue weighted by Crippen LogP contribution is -2.35. The standard InChI is InChI=1S/2C11H15NO.C10H13NO.C9H13N3O.C9H12N2O.C9H13NO2.C9H17NO.C7H12N2O2S.C7H13NO/c1-9(2)11(13)12(3)10-7-5-4-6-8-10;1-9(2)11(13)12-8-10-6-4-3-5-7-10;1-8(2)10(12)11-9-6-4-3-5-7-9;1-7(2)9(13)12-6-8-10-4-3-5-11-8;1-7(2)8(12)6-9-10-4-3-5-11-9;1-7(2)9(11)10-6-8-4-3-5-12-8;1-7(2)9(11)10-8-5-3-4-6-8;1-6(2)12(10,11)7-4-9(3)5-8-7;1-5(2)7(9)8-6-3-4-6/h4-9H,1-3H3;3-7,9H,8H2,1-2H3,(H,12,13);3-8H,1-2H3,(H,11,12);3-5,7H,6H2,1-2H3,(H,12,13);3-5,7H,6H2,1-2H3;3-5,7H,6H2,1-2H3,(H,10,11);7-8H,3-6H2,1-2H3,(H,10,11);4-6H,1-3H3;5-6H,3-4H2,1-2H3,(H,8,9). The maximum absolute atomic E-state index is 11.6. The first-order valence-electron chi connectivity index (χ1n) is 36.9. The van der Waals surface area contributed by atoms with Gasteiger partial charge in [-0.3, -0.25) is 38.4 Å². The Morgan fingerprint density at radius 2 is 0.888 bits per heavy atom. The summed E-state index contributed by atoms with van der Waals surface area (Å²) in [5, 5.41) is 16.8. The Kier molecular flexibility index (Phi) is 47.2. The number of amides is 7. The van der Waals surface area contributed by atoms with E-state index in [0.29, 0.717) is 49.8 Å². The Morgan fingerprint density at radius 1 is 0.467 bits per heavy atom. The van der Waals surface area contributed by atoms with E-state index in [2.05, 4.69) is 56.8 Å². The summed E-state index contributed by atoms with van der Waals surface area (Å²) in [7, 11) is 0.358. The summed E-state index contributed by atoms with van der Waals surface area (Å²) in [6.45, 7) is 35.0. The second kappa shape index (κ2) is 53.1. The van der Waals surface area contributed by atoms with Gasteiger partial charge in [-0.05, 0) is 93.6 Å². The third kappa shape index (κ3) is 44.1. The average Bonchev–Trinajstić information content (AvgIpc) is 1.72. The minimum Gasteiger partial charge on any atom is -0.467 e. The molecular formula is C82H123N13O11S. The number of carbonyl (C=O) groups excluding carboxylic acids is 8. The number of nitrogens with one attached hydrogen (secondary N) is 6. The van der Waals surface area contributed by atoms with E-state index < -0.39 is 15.1 Å². The van der Waals surface area contributed by atoms with E-state index in [4.69, 9.17) is 4.42 Å². The van der Waals surface area contributed by atoms with E-state index in [1.165, 1.54) is 51.0 Å². The minimum atomic E-state index is -3.19. The van der Waals surface area contributed by atoms with Gasteiger partial charge in [0, 0.05) is 122 Å². The Morgan fingerprint density at radius 3 is 1.28 bits per heavy atom. The van der Waals surface area contributed by atoms with Gasteiger partial charge in [-0.1, -0.05) is 190 Å². The molecule has 0 atom stereocenters. The zero-order valence-electron chi connectivity index (χ0n) is 67.0. The summed E-state index contributed by atoms with van der Waals surface area (Å²) < 4.78 is 29.6. The van der Waals surface area contributed by atoms with Crippen LogP contribution in [0.5, 0.6) is 0 Å². The van der Waals surface area contributed by atoms with Crippen molar-refractivity contribution >= 4 is 68.3 Å². The number of hydrogen-bond acceptors (Lipinski definition) is 16. The van der Waals surface area contributed by atoms with Crippen molar-refractivity contribution in [3.05, 3.63) is 182 Å². The van der Waals surface area contributed by atoms with Gasteiger partial charge in [0.1, 0.15) is 23.2 Å². The molecule has 7 aromatic rings. The van der Waals surface area contributed by atoms with Crippen LogP contribution in [0.15, 0.2) is 168 Å². The number of anilines is 2. The zero-order valence-corrected chi connectivity index (χ0v) is 67.8. The predicted octanol–water partition coefficient (Wildman–Crippen LogP) is 13.3. The number of sulfone groups is 1. The maximum atomic E-state index is 11.6. The molecule has 6 N–H and O–H groups in total. The van der Waals surface area contributed by atoms with Crippen LogP contribution in [-0.4, -0.2) is 109 Å². The maximum Gasteiger partial charge on any atom is 0.229 e. The normalized spacial score (nSPS) is 12.0. The van der Waals surface area contributed by atoms with E-state index in [1.807, 2.05) is 208 Å². The molecule has 24 nitrogen and oxygen atoms in total. The monoisotopic (exact) mass is 1500 g/mol. The van der Waals surface area contributed by atoms with Crippen molar-refractivity contribution in [1.82, 2.24) is 56.1 Å². The van der Waals surface area contributed by atoms with Crippen LogP contribution in [0.3, 0.4) is 0 Å². The van der Waals surface area contributed by atoms with Crippen LogP contribution >= 0.6 is 0 Å². The molecule has 0 saturated heterocycles. The molecule has 0 spiro atoms. The van der Waals surface area contributed by atoms with Crippen molar-refractivity contribution in [2.45, 2.75) is 212 Å². The summed E-state index contributed by atoms with van der Waals surface area (Å²) >= 11 is 0. The largest absolute Gasteiger partial charge is 0.467 e. The highest BCUT2D eigenvalue weighted by molar-refractivity contribution is 7.91. The van der Waals surface area contributed by atoms with Gasteiger partial charge in [-0.15, -0.1) is 0 Å². The number of furan rings is 1. The number of ketones is 1. The predicted molar refractivity (Wildman–Crippen MR) is 424 cm³/mol. The quantitative estimate of drug-likeness (QED) is 0.0367. The topological polar surface area (TPSA) is 329 Å². The minimum absolute atomic E-state index is 0.00344. The number of para-hydroxylation sites is 2. The lowest BCUT2D eigenvalue weighted by Gasteiger charge is -2.19. The molecule has 2 saturated carbocycles. The number of aryl methyl sites for hydroxylation is 1.